The van der Waals surface area contributed by atoms with Gasteiger partial charge in [0.05, 0.1) is 19.9 Å². The van der Waals surface area contributed by atoms with Crippen LogP contribution in [0.25, 0.3) is 0 Å². The first kappa shape index (κ1) is 12.1. The van der Waals surface area contributed by atoms with Crippen LogP contribution in [0, 0.1) is 0 Å². The first-order chi connectivity index (χ1) is 8.17. The molecule has 0 bridgehead atoms. The van der Waals surface area contributed by atoms with E-state index >= 15 is 0 Å². The van der Waals surface area contributed by atoms with Gasteiger partial charge in [0, 0.05) is 18.2 Å². The molecular formula is C14H21NO2. The maximum Gasteiger partial charge on any atom is 0.142 e. The van der Waals surface area contributed by atoms with Crippen molar-refractivity contribution in [3.63, 3.8) is 0 Å². The van der Waals surface area contributed by atoms with Gasteiger partial charge in [0.2, 0.25) is 0 Å². The largest absolute Gasteiger partial charge is 0.497 e. The van der Waals surface area contributed by atoms with Crippen LogP contribution in [0.1, 0.15) is 26.7 Å². The highest BCUT2D eigenvalue weighted by Gasteiger charge is 2.29. The highest BCUT2D eigenvalue weighted by molar-refractivity contribution is 5.63. The van der Waals surface area contributed by atoms with Gasteiger partial charge in [0.15, 0.2) is 0 Å². The Balaban J connectivity index is 2.41. The Morgan fingerprint density at radius 1 is 1.06 bits per heavy atom. The van der Waals surface area contributed by atoms with Gasteiger partial charge in [-0.15, -0.1) is 0 Å². The third-order valence-electron chi connectivity index (χ3n) is 3.62. The molecule has 94 valence electrons. The zero-order chi connectivity index (χ0) is 12.4. The van der Waals surface area contributed by atoms with E-state index in [9.17, 15) is 0 Å². The molecule has 3 nitrogen and oxygen atoms in total. The zero-order valence-electron chi connectivity index (χ0n) is 11.1. The Hall–Kier alpha value is -1.38. The van der Waals surface area contributed by atoms with Crippen LogP contribution in [0.3, 0.4) is 0 Å². The molecule has 1 saturated heterocycles. The zero-order valence-corrected chi connectivity index (χ0v) is 11.1. The summed E-state index contributed by atoms with van der Waals surface area (Å²) in [5.74, 6) is 1.80. The third kappa shape index (κ3) is 2.19. The molecule has 0 radical (unpaired) electrons. The van der Waals surface area contributed by atoms with E-state index in [0.717, 1.165) is 17.2 Å². The van der Waals surface area contributed by atoms with Crippen molar-refractivity contribution in [2.75, 3.05) is 19.1 Å². The van der Waals surface area contributed by atoms with E-state index in [4.69, 9.17) is 9.47 Å². The number of ether oxygens (including phenoxy) is 2. The summed E-state index contributed by atoms with van der Waals surface area (Å²) in [5.41, 5.74) is 1.14. The smallest absolute Gasteiger partial charge is 0.142 e. The number of benzene rings is 1. The van der Waals surface area contributed by atoms with E-state index in [1.807, 2.05) is 12.1 Å². The molecule has 0 saturated carbocycles. The van der Waals surface area contributed by atoms with Crippen LogP contribution in [-0.4, -0.2) is 26.3 Å². The fraction of sp³-hybridized carbons (Fsp3) is 0.571. The Kier molecular flexibility index (Phi) is 3.46. The van der Waals surface area contributed by atoms with Crippen LogP contribution in [0.2, 0.25) is 0 Å². The highest BCUT2D eigenvalue weighted by atomic mass is 16.5. The summed E-state index contributed by atoms with van der Waals surface area (Å²) >= 11 is 0. The topological polar surface area (TPSA) is 21.7 Å². The lowest BCUT2D eigenvalue weighted by atomic mass is 10.2. The molecule has 0 unspecified atom stereocenters. The summed E-state index contributed by atoms with van der Waals surface area (Å²) in [6, 6.07) is 7.11. The molecule has 2 rings (SSSR count). The Labute approximate surface area is 103 Å². The van der Waals surface area contributed by atoms with Crippen molar-refractivity contribution >= 4 is 5.69 Å². The third-order valence-corrected chi connectivity index (χ3v) is 3.62. The molecule has 1 aromatic carbocycles. The number of hydrogen-bond acceptors (Lipinski definition) is 3. The first-order valence-corrected chi connectivity index (χ1v) is 6.17. The van der Waals surface area contributed by atoms with Gasteiger partial charge in [-0.3, -0.25) is 0 Å². The molecule has 1 heterocycles. The Morgan fingerprint density at radius 3 is 2.24 bits per heavy atom. The summed E-state index contributed by atoms with van der Waals surface area (Å²) in [6.45, 7) is 4.53. The van der Waals surface area contributed by atoms with Crippen molar-refractivity contribution in [3.8, 4) is 11.5 Å². The average Bonchev–Trinajstić information content (AvgIpc) is 2.68. The molecule has 1 fully saturated rings. The summed E-state index contributed by atoms with van der Waals surface area (Å²) < 4.78 is 10.8. The second-order valence-corrected chi connectivity index (χ2v) is 4.72. The fourth-order valence-corrected chi connectivity index (χ4v) is 2.67. The number of methoxy groups -OCH3 is 2. The molecule has 17 heavy (non-hydrogen) atoms. The minimum atomic E-state index is 0.561. The predicted octanol–water partition coefficient (Wildman–Crippen LogP) is 3.08. The summed E-state index contributed by atoms with van der Waals surface area (Å²) in [6.07, 6.45) is 2.48. The normalized spacial score (nSPS) is 23.9. The quantitative estimate of drug-likeness (QED) is 0.803. The van der Waals surface area contributed by atoms with E-state index in [-0.39, 0.29) is 0 Å². The molecule has 0 aliphatic carbocycles. The van der Waals surface area contributed by atoms with Gasteiger partial charge in [0.1, 0.15) is 11.5 Å². The Bertz CT molecular complexity index is 382. The number of hydrogen-bond donors (Lipinski definition) is 0. The summed E-state index contributed by atoms with van der Waals surface area (Å²) in [4.78, 5) is 2.43. The van der Waals surface area contributed by atoms with Gasteiger partial charge in [0.25, 0.3) is 0 Å². The second kappa shape index (κ2) is 4.86. The van der Waals surface area contributed by atoms with Crippen LogP contribution < -0.4 is 14.4 Å². The Morgan fingerprint density at radius 2 is 1.71 bits per heavy atom. The molecule has 3 heteroatoms. The SMILES string of the molecule is COc1ccc(OC)c(N2[C@H](C)CC[C@H]2C)c1. The van der Waals surface area contributed by atoms with Crippen molar-refractivity contribution in [2.24, 2.45) is 0 Å². The van der Waals surface area contributed by atoms with Crippen molar-refractivity contribution in [1.82, 2.24) is 0 Å². The standard InChI is InChI=1S/C14H21NO2/c1-10-5-6-11(2)15(10)13-9-12(16-3)7-8-14(13)17-4/h7-11H,5-6H2,1-4H3/t10-,11-/m1/s1. The monoisotopic (exact) mass is 235 g/mol. The summed E-state index contributed by atoms with van der Waals surface area (Å²) in [7, 11) is 3.42. The lowest BCUT2D eigenvalue weighted by Crippen LogP contribution is -2.32. The van der Waals surface area contributed by atoms with Gasteiger partial charge in [-0.25, -0.2) is 0 Å². The van der Waals surface area contributed by atoms with E-state index in [0.29, 0.717) is 12.1 Å². The van der Waals surface area contributed by atoms with Crippen LogP contribution >= 0.6 is 0 Å². The summed E-state index contributed by atoms with van der Waals surface area (Å²) in [5, 5.41) is 0. The maximum absolute atomic E-state index is 5.46. The van der Waals surface area contributed by atoms with E-state index in [2.05, 4.69) is 24.8 Å². The average molecular weight is 235 g/mol. The van der Waals surface area contributed by atoms with Gasteiger partial charge >= 0.3 is 0 Å². The highest BCUT2D eigenvalue weighted by Crippen LogP contribution is 2.38. The fourth-order valence-electron chi connectivity index (χ4n) is 2.67. The molecular weight excluding hydrogens is 214 g/mol. The van der Waals surface area contributed by atoms with E-state index in [1.165, 1.54) is 12.8 Å². The van der Waals surface area contributed by atoms with E-state index < -0.39 is 0 Å². The van der Waals surface area contributed by atoms with Crippen molar-refractivity contribution in [1.29, 1.82) is 0 Å². The molecule has 1 aliphatic heterocycles. The van der Waals surface area contributed by atoms with Crippen LogP contribution in [0.5, 0.6) is 11.5 Å². The van der Waals surface area contributed by atoms with Crippen LogP contribution in [-0.2, 0) is 0 Å². The van der Waals surface area contributed by atoms with Gasteiger partial charge in [-0.1, -0.05) is 0 Å². The van der Waals surface area contributed by atoms with Crippen molar-refractivity contribution in [3.05, 3.63) is 18.2 Å². The molecule has 0 N–H and O–H groups in total. The predicted molar refractivity (Wildman–Crippen MR) is 70.2 cm³/mol. The first-order valence-electron chi connectivity index (χ1n) is 6.17. The second-order valence-electron chi connectivity index (χ2n) is 4.72. The number of anilines is 1. The molecule has 0 aromatic heterocycles. The maximum atomic E-state index is 5.46. The number of nitrogens with zero attached hydrogens (tertiary/aromatic N) is 1. The minimum Gasteiger partial charge on any atom is -0.497 e. The van der Waals surface area contributed by atoms with Gasteiger partial charge in [-0.2, -0.15) is 0 Å². The molecule has 2 atom stereocenters. The number of rotatable bonds is 3. The molecule has 1 aromatic rings. The lowest BCUT2D eigenvalue weighted by Gasteiger charge is -2.30. The molecule has 0 spiro atoms. The minimum absolute atomic E-state index is 0.561. The van der Waals surface area contributed by atoms with Gasteiger partial charge in [-0.05, 0) is 38.8 Å². The van der Waals surface area contributed by atoms with Crippen molar-refractivity contribution in [2.45, 2.75) is 38.8 Å². The lowest BCUT2D eigenvalue weighted by molar-refractivity contribution is 0.402. The van der Waals surface area contributed by atoms with Crippen LogP contribution in [0.15, 0.2) is 18.2 Å². The van der Waals surface area contributed by atoms with Gasteiger partial charge < -0.3 is 14.4 Å². The van der Waals surface area contributed by atoms with Crippen LogP contribution in [0.4, 0.5) is 5.69 Å². The van der Waals surface area contributed by atoms with E-state index in [1.54, 1.807) is 14.2 Å². The molecule has 0 amide bonds. The molecule has 1 aliphatic rings. The van der Waals surface area contributed by atoms with Crippen molar-refractivity contribution < 1.29 is 9.47 Å².